The lowest BCUT2D eigenvalue weighted by molar-refractivity contribution is 0.132. The van der Waals surface area contributed by atoms with Crippen LogP contribution in [0.25, 0.3) is 0 Å². The van der Waals surface area contributed by atoms with Gasteiger partial charge in [0.15, 0.2) is 0 Å². The van der Waals surface area contributed by atoms with E-state index in [-0.39, 0.29) is 6.04 Å². The number of hydrogen-bond donors (Lipinski definition) is 1. The highest BCUT2D eigenvalue weighted by atomic mass is 79.9. The average molecular weight is 335 g/mol. The van der Waals surface area contributed by atoms with E-state index in [2.05, 4.69) is 41.2 Å². The van der Waals surface area contributed by atoms with Gasteiger partial charge in [-0.2, -0.15) is 0 Å². The van der Waals surface area contributed by atoms with E-state index in [0.29, 0.717) is 0 Å². The van der Waals surface area contributed by atoms with Gasteiger partial charge in [0.25, 0.3) is 0 Å². The summed E-state index contributed by atoms with van der Waals surface area (Å²) in [6, 6.07) is 6.26. The number of halogens is 2. The van der Waals surface area contributed by atoms with Crippen LogP contribution in [0.1, 0.15) is 38.3 Å². The Hall–Kier alpha value is -0.0900. The van der Waals surface area contributed by atoms with Crippen LogP contribution >= 0.6 is 27.5 Å². The zero-order chi connectivity index (χ0) is 13.4. The molecule has 0 radical (unpaired) electrons. The maximum absolute atomic E-state index is 6.21. The molecule has 0 spiro atoms. The first kappa shape index (κ1) is 16.0. The zero-order valence-electron chi connectivity index (χ0n) is 11.0. The molecule has 0 aliphatic carbocycles. The SMILES string of the molecule is CCCOCCCNC(C)c1ccc(Br)cc1Cl. The molecule has 0 saturated carbocycles. The second kappa shape index (κ2) is 8.92. The Balaban J connectivity index is 2.29. The molecular formula is C14H21BrClNO. The minimum Gasteiger partial charge on any atom is -0.381 e. The zero-order valence-corrected chi connectivity index (χ0v) is 13.4. The van der Waals surface area contributed by atoms with Gasteiger partial charge in [0.05, 0.1) is 0 Å². The van der Waals surface area contributed by atoms with Crippen LogP contribution in [0.2, 0.25) is 5.02 Å². The summed E-state index contributed by atoms with van der Waals surface area (Å²) < 4.78 is 6.45. The number of nitrogens with one attached hydrogen (secondary N) is 1. The molecule has 1 aromatic rings. The molecule has 0 heterocycles. The first-order valence-corrected chi connectivity index (χ1v) is 7.58. The summed E-state index contributed by atoms with van der Waals surface area (Å²) in [6.45, 7) is 6.87. The van der Waals surface area contributed by atoms with Gasteiger partial charge in [-0.25, -0.2) is 0 Å². The molecule has 0 fully saturated rings. The third-order valence-corrected chi connectivity index (χ3v) is 3.51. The van der Waals surface area contributed by atoms with Crippen molar-refractivity contribution in [1.29, 1.82) is 0 Å². The van der Waals surface area contributed by atoms with Gasteiger partial charge in [-0.1, -0.05) is 40.5 Å². The van der Waals surface area contributed by atoms with Crippen LogP contribution in [0.5, 0.6) is 0 Å². The Bertz CT molecular complexity index is 360. The molecule has 1 unspecified atom stereocenters. The molecule has 1 aromatic carbocycles. The van der Waals surface area contributed by atoms with Crippen LogP contribution < -0.4 is 5.32 Å². The van der Waals surface area contributed by atoms with Gasteiger partial charge in [0, 0.05) is 28.8 Å². The lowest BCUT2D eigenvalue weighted by atomic mass is 10.1. The molecule has 1 N–H and O–H groups in total. The van der Waals surface area contributed by atoms with Gasteiger partial charge in [0.2, 0.25) is 0 Å². The first-order valence-electron chi connectivity index (χ1n) is 6.41. The van der Waals surface area contributed by atoms with Crippen molar-refractivity contribution < 1.29 is 4.74 Å². The first-order chi connectivity index (χ1) is 8.65. The van der Waals surface area contributed by atoms with Crippen LogP contribution in [0.3, 0.4) is 0 Å². The van der Waals surface area contributed by atoms with Crippen molar-refractivity contribution in [1.82, 2.24) is 5.32 Å². The van der Waals surface area contributed by atoms with Crippen molar-refractivity contribution in [3.05, 3.63) is 33.3 Å². The Morgan fingerprint density at radius 3 is 2.83 bits per heavy atom. The molecule has 102 valence electrons. The van der Waals surface area contributed by atoms with E-state index in [1.807, 2.05) is 12.1 Å². The average Bonchev–Trinajstić information content (AvgIpc) is 2.33. The minimum absolute atomic E-state index is 0.261. The lowest BCUT2D eigenvalue weighted by Crippen LogP contribution is -2.21. The smallest absolute Gasteiger partial charge is 0.0478 e. The number of benzene rings is 1. The van der Waals surface area contributed by atoms with Gasteiger partial charge in [0.1, 0.15) is 0 Å². The Morgan fingerprint density at radius 1 is 1.39 bits per heavy atom. The van der Waals surface area contributed by atoms with Crippen molar-refractivity contribution in [3.63, 3.8) is 0 Å². The third-order valence-electron chi connectivity index (χ3n) is 2.69. The maximum atomic E-state index is 6.21. The molecular weight excluding hydrogens is 314 g/mol. The quantitative estimate of drug-likeness (QED) is 0.703. The van der Waals surface area contributed by atoms with Gasteiger partial charge in [-0.15, -0.1) is 0 Å². The summed E-state index contributed by atoms with van der Waals surface area (Å²) >= 11 is 9.62. The summed E-state index contributed by atoms with van der Waals surface area (Å²) in [7, 11) is 0. The molecule has 18 heavy (non-hydrogen) atoms. The topological polar surface area (TPSA) is 21.3 Å². The maximum Gasteiger partial charge on any atom is 0.0478 e. The minimum atomic E-state index is 0.261. The molecule has 2 nitrogen and oxygen atoms in total. The molecule has 0 aliphatic heterocycles. The molecule has 4 heteroatoms. The van der Waals surface area contributed by atoms with E-state index in [1.165, 1.54) is 0 Å². The molecule has 0 aliphatic rings. The summed E-state index contributed by atoms with van der Waals surface area (Å²) in [5, 5.41) is 4.25. The van der Waals surface area contributed by atoms with Crippen molar-refractivity contribution >= 4 is 27.5 Å². The van der Waals surface area contributed by atoms with E-state index in [9.17, 15) is 0 Å². The molecule has 1 rings (SSSR count). The van der Waals surface area contributed by atoms with E-state index in [0.717, 1.165) is 47.7 Å². The Morgan fingerprint density at radius 2 is 2.17 bits per heavy atom. The highest BCUT2D eigenvalue weighted by Crippen LogP contribution is 2.26. The Kier molecular flexibility index (Phi) is 7.91. The van der Waals surface area contributed by atoms with Crippen molar-refractivity contribution in [3.8, 4) is 0 Å². The number of rotatable bonds is 8. The van der Waals surface area contributed by atoms with E-state index >= 15 is 0 Å². The van der Waals surface area contributed by atoms with Gasteiger partial charge in [-0.05, 0) is 44.0 Å². The second-order valence-electron chi connectivity index (χ2n) is 4.31. The lowest BCUT2D eigenvalue weighted by Gasteiger charge is -2.16. The van der Waals surface area contributed by atoms with Gasteiger partial charge in [-0.3, -0.25) is 0 Å². The molecule has 0 saturated heterocycles. The molecule has 0 aromatic heterocycles. The fourth-order valence-corrected chi connectivity index (χ4v) is 2.54. The molecule has 0 amide bonds. The largest absolute Gasteiger partial charge is 0.381 e. The third kappa shape index (κ3) is 5.70. The monoisotopic (exact) mass is 333 g/mol. The van der Waals surface area contributed by atoms with Crippen LogP contribution in [0.4, 0.5) is 0 Å². The van der Waals surface area contributed by atoms with E-state index < -0.39 is 0 Å². The molecule has 1 atom stereocenters. The number of hydrogen-bond acceptors (Lipinski definition) is 2. The van der Waals surface area contributed by atoms with Crippen LogP contribution in [-0.4, -0.2) is 19.8 Å². The summed E-state index contributed by atoms with van der Waals surface area (Å²) in [6.07, 6.45) is 2.11. The predicted molar refractivity (Wildman–Crippen MR) is 81.3 cm³/mol. The summed E-state index contributed by atoms with van der Waals surface area (Å²) in [4.78, 5) is 0. The highest BCUT2D eigenvalue weighted by Gasteiger charge is 2.08. The van der Waals surface area contributed by atoms with Crippen LogP contribution in [0, 0.1) is 0 Å². The van der Waals surface area contributed by atoms with Crippen molar-refractivity contribution in [2.45, 2.75) is 32.7 Å². The van der Waals surface area contributed by atoms with Crippen molar-refractivity contribution in [2.24, 2.45) is 0 Å². The Labute approximate surface area is 123 Å². The summed E-state index contributed by atoms with van der Waals surface area (Å²) in [5.74, 6) is 0. The predicted octanol–water partition coefficient (Wildman–Crippen LogP) is 4.57. The fraction of sp³-hybridized carbons (Fsp3) is 0.571. The standard InChI is InChI=1S/C14H21BrClNO/c1-3-8-18-9-4-7-17-11(2)13-6-5-12(15)10-14(13)16/h5-6,10-11,17H,3-4,7-9H2,1-2H3. The fourth-order valence-electron chi connectivity index (χ4n) is 1.70. The van der Waals surface area contributed by atoms with Crippen molar-refractivity contribution in [2.75, 3.05) is 19.8 Å². The normalized spacial score (nSPS) is 12.7. The van der Waals surface area contributed by atoms with Crippen LogP contribution in [0.15, 0.2) is 22.7 Å². The second-order valence-corrected chi connectivity index (χ2v) is 5.63. The van der Waals surface area contributed by atoms with Gasteiger partial charge < -0.3 is 10.1 Å². The molecule has 0 bridgehead atoms. The highest BCUT2D eigenvalue weighted by molar-refractivity contribution is 9.10. The summed E-state index contributed by atoms with van der Waals surface area (Å²) in [5.41, 5.74) is 1.13. The van der Waals surface area contributed by atoms with E-state index in [4.69, 9.17) is 16.3 Å². The van der Waals surface area contributed by atoms with E-state index in [1.54, 1.807) is 0 Å². The number of ether oxygens (including phenoxy) is 1. The van der Waals surface area contributed by atoms with Crippen LogP contribution in [-0.2, 0) is 4.74 Å². The van der Waals surface area contributed by atoms with Gasteiger partial charge >= 0.3 is 0 Å².